The molecule has 0 spiro atoms. The van der Waals surface area contributed by atoms with Crippen LogP contribution in [0.15, 0.2) is 23.3 Å². The minimum atomic E-state index is -0.417. The Hall–Kier alpha value is -0.680. The Kier molecular flexibility index (Phi) is 6.02. The van der Waals surface area contributed by atoms with Gasteiger partial charge in [0.2, 0.25) is 0 Å². The fourth-order valence-corrected chi connectivity index (χ4v) is 7.98. The third kappa shape index (κ3) is 3.43. The second-order valence-corrected chi connectivity index (χ2v) is 11.5. The highest BCUT2D eigenvalue weighted by Crippen LogP contribution is 2.65. The normalized spacial score (nSPS) is 48.3. The first-order chi connectivity index (χ1) is 14.1. The fourth-order valence-electron chi connectivity index (χ4n) is 7.98. The van der Waals surface area contributed by atoms with Gasteiger partial charge in [-0.15, -0.1) is 0 Å². The highest BCUT2D eigenvalue weighted by atomic mass is 16.3. The van der Waals surface area contributed by atoms with Gasteiger partial charge in [-0.05, 0) is 90.9 Å². The molecule has 4 aliphatic carbocycles. The maximum absolute atomic E-state index is 11.2. The molecule has 0 aromatic rings. The van der Waals surface area contributed by atoms with E-state index in [1.165, 1.54) is 11.1 Å². The second kappa shape index (κ2) is 8.03. The molecule has 3 saturated carbocycles. The third-order valence-electron chi connectivity index (χ3n) is 9.71. The number of hydrogen-bond acceptors (Lipinski definition) is 4. The van der Waals surface area contributed by atoms with E-state index in [9.17, 15) is 20.4 Å². The van der Waals surface area contributed by atoms with Gasteiger partial charge in [0.1, 0.15) is 0 Å². The lowest BCUT2D eigenvalue weighted by atomic mass is 9.48. The van der Waals surface area contributed by atoms with Gasteiger partial charge in [-0.3, -0.25) is 0 Å². The summed E-state index contributed by atoms with van der Waals surface area (Å²) >= 11 is 0. The first-order valence-corrected chi connectivity index (χ1v) is 12.2. The number of hydrogen-bond donors (Lipinski definition) is 4. The van der Waals surface area contributed by atoms with Crippen LogP contribution in [0.5, 0.6) is 0 Å². The molecule has 0 aliphatic heterocycles. The van der Waals surface area contributed by atoms with Crippen LogP contribution in [0.25, 0.3) is 0 Å². The van der Waals surface area contributed by atoms with Crippen LogP contribution in [0.2, 0.25) is 0 Å². The van der Waals surface area contributed by atoms with E-state index in [1.54, 1.807) is 0 Å². The van der Waals surface area contributed by atoms with Crippen molar-refractivity contribution in [3.63, 3.8) is 0 Å². The van der Waals surface area contributed by atoms with Crippen LogP contribution in [-0.2, 0) is 0 Å². The summed E-state index contributed by atoms with van der Waals surface area (Å²) in [6.07, 6.45) is 9.40. The Balaban J connectivity index is 1.68. The van der Waals surface area contributed by atoms with E-state index in [2.05, 4.69) is 32.9 Å². The molecule has 4 rings (SSSR count). The van der Waals surface area contributed by atoms with Crippen LogP contribution >= 0.6 is 0 Å². The van der Waals surface area contributed by atoms with Gasteiger partial charge in [-0.2, -0.15) is 0 Å². The Morgan fingerprint density at radius 2 is 1.77 bits per heavy atom. The Labute approximate surface area is 182 Å². The standard InChI is InChI=1S/C26H42O4/c1-15(14-27)5-6-16(2)20-13-23(30)24-18-12-22(29)21-11-17(28)7-9-25(21,3)19(18)8-10-26(20,24)4/h5-6,15-17,19-23,27-30H,7-14H2,1-4H3/b6-5+/t15-,16-,17+,19+,20-,21-,22+,23-,25-,26-/m1/s1. The number of aliphatic hydroxyl groups excluding tert-OH is 4. The lowest BCUT2D eigenvalue weighted by molar-refractivity contribution is -0.0965. The van der Waals surface area contributed by atoms with E-state index in [1.807, 2.05) is 6.92 Å². The number of fused-ring (bicyclic) bond motifs is 4. The van der Waals surface area contributed by atoms with Crippen molar-refractivity contribution in [2.24, 2.45) is 40.4 Å². The molecule has 4 N–H and O–H groups in total. The molecule has 4 nitrogen and oxygen atoms in total. The number of allylic oxidation sites excluding steroid dienone is 1. The largest absolute Gasteiger partial charge is 0.396 e. The van der Waals surface area contributed by atoms with Gasteiger partial charge in [0.15, 0.2) is 0 Å². The summed E-state index contributed by atoms with van der Waals surface area (Å²) in [5.41, 5.74) is 2.60. The molecule has 170 valence electrons. The molecule has 10 atom stereocenters. The minimum Gasteiger partial charge on any atom is -0.396 e. The SMILES string of the molecule is C[C@H](/C=C/[C@@H](C)[C@H]1C[C@@H](O)C2=C3C[C@H](O)[C@H]4C[C@@H](O)CC[C@]4(C)[C@H]3CC[C@@]21C)CO. The van der Waals surface area contributed by atoms with E-state index >= 15 is 0 Å². The third-order valence-corrected chi connectivity index (χ3v) is 9.71. The van der Waals surface area contributed by atoms with Gasteiger partial charge in [0.25, 0.3) is 0 Å². The van der Waals surface area contributed by atoms with Gasteiger partial charge in [0.05, 0.1) is 18.3 Å². The lowest BCUT2D eigenvalue weighted by Crippen LogP contribution is -2.53. The summed E-state index contributed by atoms with van der Waals surface area (Å²) in [4.78, 5) is 0. The predicted octanol–water partition coefficient (Wildman–Crippen LogP) is 3.83. The zero-order valence-corrected chi connectivity index (χ0v) is 19.2. The van der Waals surface area contributed by atoms with Crippen molar-refractivity contribution in [2.75, 3.05) is 6.61 Å². The molecule has 0 amide bonds. The van der Waals surface area contributed by atoms with E-state index in [0.29, 0.717) is 30.6 Å². The fraction of sp³-hybridized carbons (Fsp3) is 0.846. The van der Waals surface area contributed by atoms with Crippen LogP contribution in [0.4, 0.5) is 0 Å². The molecule has 4 heteroatoms. The average Bonchev–Trinajstić information content (AvgIpc) is 2.98. The molecule has 30 heavy (non-hydrogen) atoms. The minimum absolute atomic E-state index is 0.0193. The van der Waals surface area contributed by atoms with Gasteiger partial charge in [-0.1, -0.05) is 45.4 Å². The first-order valence-electron chi connectivity index (χ1n) is 12.2. The van der Waals surface area contributed by atoms with Crippen molar-refractivity contribution in [1.82, 2.24) is 0 Å². The van der Waals surface area contributed by atoms with Crippen molar-refractivity contribution in [3.05, 3.63) is 23.3 Å². The Morgan fingerprint density at radius 1 is 1.03 bits per heavy atom. The predicted molar refractivity (Wildman–Crippen MR) is 119 cm³/mol. The molecular weight excluding hydrogens is 376 g/mol. The van der Waals surface area contributed by atoms with E-state index in [0.717, 1.165) is 32.1 Å². The zero-order chi connectivity index (χ0) is 21.8. The topological polar surface area (TPSA) is 80.9 Å². The van der Waals surface area contributed by atoms with E-state index < -0.39 is 12.2 Å². The summed E-state index contributed by atoms with van der Waals surface area (Å²) in [6, 6.07) is 0. The molecule has 0 unspecified atom stereocenters. The summed E-state index contributed by atoms with van der Waals surface area (Å²) in [7, 11) is 0. The van der Waals surface area contributed by atoms with Crippen molar-refractivity contribution in [1.29, 1.82) is 0 Å². The second-order valence-electron chi connectivity index (χ2n) is 11.5. The molecule has 0 aromatic carbocycles. The number of aliphatic hydroxyl groups is 4. The molecule has 3 fully saturated rings. The molecule has 0 aromatic heterocycles. The van der Waals surface area contributed by atoms with Crippen LogP contribution in [0.1, 0.15) is 72.6 Å². The smallest absolute Gasteiger partial charge is 0.0761 e. The van der Waals surface area contributed by atoms with E-state index in [-0.39, 0.29) is 35.4 Å². The van der Waals surface area contributed by atoms with Crippen molar-refractivity contribution < 1.29 is 20.4 Å². The molecule has 0 bridgehead atoms. The maximum atomic E-state index is 11.2. The van der Waals surface area contributed by atoms with Crippen LogP contribution in [0, 0.1) is 40.4 Å². The highest BCUT2D eigenvalue weighted by Gasteiger charge is 2.59. The molecule has 0 radical (unpaired) electrons. The monoisotopic (exact) mass is 418 g/mol. The van der Waals surface area contributed by atoms with Crippen molar-refractivity contribution in [3.8, 4) is 0 Å². The van der Waals surface area contributed by atoms with E-state index in [4.69, 9.17) is 0 Å². The van der Waals surface area contributed by atoms with Crippen molar-refractivity contribution >= 4 is 0 Å². The lowest BCUT2D eigenvalue weighted by Gasteiger charge is -2.58. The van der Waals surface area contributed by atoms with Crippen molar-refractivity contribution in [2.45, 2.75) is 91.0 Å². The van der Waals surface area contributed by atoms with Gasteiger partial charge in [0, 0.05) is 6.61 Å². The summed E-state index contributed by atoms with van der Waals surface area (Å²) in [6.45, 7) is 9.11. The van der Waals surface area contributed by atoms with Crippen LogP contribution in [-0.4, -0.2) is 45.3 Å². The van der Waals surface area contributed by atoms with Crippen LogP contribution in [0.3, 0.4) is 0 Å². The maximum Gasteiger partial charge on any atom is 0.0761 e. The Bertz CT molecular complexity index is 714. The summed E-state index contributed by atoms with van der Waals surface area (Å²) in [5.74, 6) is 1.47. The average molecular weight is 419 g/mol. The van der Waals surface area contributed by atoms with Crippen LogP contribution < -0.4 is 0 Å². The highest BCUT2D eigenvalue weighted by molar-refractivity contribution is 5.38. The molecule has 4 aliphatic rings. The summed E-state index contributed by atoms with van der Waals surface area (Å²) < 4.78 is 0. The zero-order valence-electron chi connectivity index (χ0n) is 19.2. The van der Waals surface area contributed by atoms with Gasteiger partial charge < -0.3 is 20.4 Å². The number of rotatable bonds is 4. The molecule has 0 saturated heterocycles. The first kappa shape index (κ1) is 22.5. The molecule has 0 heterocycles. The van der Waals surface area contributed by atoms with Gasteiger partial charge >= 0.3 is 0 Å². The molecular formula is C26H42O4. The van der Waals surface area contributed by atoms with Gasteiger partial charge in [-0.25, -0.2) is 0 Å². The quantitative estimate of drug-likeness (QED) is 0.523. The summed E-state index contributed by atoms with van der Waals surface area (Å²) in [5, 5.41) is 41.9. The Morgan fingerprint density at radius 3 is 2.47 bits per heavy atom.